The first-order valence-corrected chi connectivity index (χ1v) is 9.87. The van der Waals surface area contributed by atoms with Gasteiger partial charge in [-0.25, -0.2) is 12.7 Å². The highest BCUT2D eigenvalue weighted by atomic mass is 79.9. The van der Waals surface area contributed by atoms with Crippen LogP contribution in [-0.4, -0.2) is 37.5 Å². The zero-order valence-electron chi connectivity index (χ0n) is 12.6. The Morgan fingerprint density at radius 1 is 1.32 bits per heavy atom. The van der Waals surface area contributed by atoms with Crippen molar-refractivity contribution in [1.82, 2.24) is 4.31 Å². The first-order chi connectivity index (χ1) is 10.4. The molecule has 1 aromatic carbocycles. The van der Waals surface area contributed by atoms with Crippen molar-refractivity contribution < 1.29 is 13.2 Å². The number of nitrogens with zero attached hydrogens (tertiary/aromatic N) is 1. The maximum absolute atomic E-state index is 12.3. The van der Waals surface area contributed by atoms with Crippen LogP contribution in [0.1, 0.15) is 26.2 Å². The molecule has 0 saturated carbocycles. The molecule has 22 heavy (non-hydrogen) atoms. The van der Waals surface area contributed by atoms with Crippen LogP contribution in [0.25, 0.3) is 0 Å². The minimum Gasteiger partial charge on any atom is -0.325 e. The van der Waals surface area contributed by atoms with Crippen molar-refractivity contribution in [3.63, 3.8) is 0 Å². The van der Waals surface area contributed by atoms with E-state index in [1.54, 1.807) is 0 Å². The summed E-state index contributed by atoms with van der Waals surface area (Å²) in [7, 11) is -3.15. The molecule has 122 valence electrons. The molecule has 7 heteroatoms. The van der Waals surface area contributed by atoms with Crippen LogP contribution in [-0.2, 0) is 14.8 Å². The average Bonchev–Trinajstić information content (AvgIpc) is 2.49. The number of para-hydroxylation sites is 1. The van der Waals surface area contributed by atoms with Gasteiger partial charge in [0.1, 0.15) is 0 Å². The number of carbonyl (C=O) groups is 1. The van der Waals surface area contributed by atoms with Gasteiger partial charge >= 0.3 is 0 Å². The number of piperidine rings is 1. The molecule has 1 aliphatic rings. The summed E-state index contributed by atoms with van der Waals surface area (Å²) in [6.45, 7) is 2.71. The van der Waals surface area contributed by atoms with E-state index in [0.717, 1.165) is 10.2 Å². The highest BCUT2D eigenvalue weighted by molar-refractivity contribution is 9.10. The first-order valence-electron chi connectivity index (χ1n) is 7.47. The van der Waals surface area contributed by atoms with Crippen molar-refractivity contribution in [2.45, 2.75) is 26.2 Å². The number of nitrogens with one attached hydrogen (secondary N) is 1. The number of halogens is 1. The lowest BCUT2D eigenvalue weighted by Gasteiger charge is -2.30. The summed E-state index contributed by atoms with van der Waals surface area (Å²) in [6.07, 6.45) is 1.75. The van der Waals surface area contributed by atoms with Crippen LogP contribution in [0.4, 0.5) is 5.69 Å². The SMILES string of the molecule is CCCS(=O)(=O)N1CCC(C(=O)Nc2ccccc2Br)CC1. The Morgan fingerprint density at radius 2 is 1.95 bits per heavy atom. The van der Waals surface area contributed by atoms with E-state index < -0.39 is 10.0 Å². The average molecular weight is 389 g/mol. The quantitative estimate of drug-likeness (QED) is 0.842. The maximum atomic E-state index is 12.3. The van der Waals surface area contributed by atoms with Gasteiger partial charge in [0.05, 0.1) is 11.4 Å². The van der Waals surface area contributed by atoms with Gasteiger partial charge in [-0.1, -0.05) is 19.1 Å². The molecule has 1 saturated heterocycles. The van der Waals surface area contributed by atoms with E-state index in [0.29, 0.717) is 32.4 Å². The van der Waals surface area contributed by atoms with Crippen LogP contribution >= 0.6 is 15.9 Å². The van der Waals surface area contributed by atoms with Gasteiger partial charge in [-0.3, -0.25) is 4.79 Å². The summed E-state index contributed by atoms with van der Waals surface area (Å²) < 4.78 is 26.4. The van der Waals surface area contributed by atoms with Crippen LogP contribution in [0.2, 0.25) is 0 Å². The molecule has 0 atom stereocenters. The van der Waals surface area contributed by atoms with E-state index in [1.807, 2.05) is 31.2 Å². The standard InChI is InChI=1S/C15H21BrN2O3S/c1-2-11-22(20,21)18-9-7-12(8-10-18)15(19)17-14-6-4-3-5-13(14)16/h3-6,12H,2,7-11H2,1H3,(H,17,19). The summed E-state index contributed by atoms with van der Waals surface area (Å²) in [5, 5.41) is 2.90. The highest BCUT2D eigenvalue weighted by Crippen LogP contribution is 2.25. The molecule has 0 aromatic heterocycles. The third-order valence-electron chi connectivity index (χ3n) is 3.81. The van der Waals surface area contributed by atoms with E-state index in [1.165, 1.54) is 4.31 Å². The molecule has 1 N–H and O–H groups in total. The van der Waals surface area contributed by atoms with Crippen molar-refractivity contribution in [3.05, 3.63) is 28.7 Å². The smallest absolute Gasteiger partial charge is 0.227 e. The van der Waals surface area contributed by atoms with Gasteiger partial charge in [0.2, 0.25) is 15.9 Å². The van der Waals surface area contributed by atoms with Crippen molar-refractivity contribution in [3.8, 4) is 0 Å². The van der Waals surface area contributed by atoms with Gasteiger partial charge in [0.15, 0.2) is 0 Å². The first kappa shape index (κ1) is 17.4. The Morgan fingerprint density at radius 3 is 2.55 bits per heavy atom. The fourth-order valence-corrected chi connectivity index (χ4v) is 4.51. The topological polar surface area (TPSA) is 66.5 Å². The van der Waals surface area contributed by atoms with Crippen molar-refractivity contribution in [2.75, 3.05) is 24.2 Å². The van der Waals surface area contributed by atoms with Crippen molar-refractivity contribution in [1.29, 1.82) is 0 Å². The lowest BCUT2D eigenvalue weighted by Crippen LogP contribution is -2.42. The van der Waals surface area contributed by atoms with Crippen molar-refractivity contribution >= 4 is 37.5 Å². The molecule has 0 unspecified atom stereocenters. The molecule has 5 nitrogen and oxygen atoms in total. The van der Waals surface area contributed by atoms with Gasteiger partial charge in [-0.05, 0) is 47.3 Å². The Bertz CT molecular complexity index is 625. The third kappa shape index (κ3) is 4.30. The molecule has 0 spiro atoms. The number of hydrogen-bond donors (Lipinski definition) is 1. The van der Waals surface area contributed by atoms with E-state index in [-0.39, 0.29) is 17.6 Å². The van der Waals surface area contributed by atoms with Gasteiger partial charge in [-0.15, -0.1) is 0 Å². The van der Waals surface area contributed by atoms with Gasteiger partial charge in [0.25, 0.3) is 0 Å². The van der Waals surface area contributed by atoms with Crippen LogP contribution < -0.4 is 5.32 Å². The molecule has 1 aliphatic heterocycles. The molecule has 0 aliphatic carbocycles. The molecular formula is C15H21BrN2O3S. The van der Waals surface area contributed by atoms with E-state index in [9.17, 15) is 13.2 Å². The normalized spacial score (nSPS) is 17.4. The fraction of sp³-hybridized carbons (Fsp3) is 0.533. The lowest BCUT2D eigenvalue weighted by molar-refractivity contribution is -0.120. The summed E-state index contributed by atoms with van der Waals surface area (Å²) in [5.74, 6) is 0.000469. The second-order valence-electron chi connectivity index (χ2n) is 5.46. The molecule has 0 bridgehead atoms. The summed E-state index contributed by atoms with van der Waals surface area (Å²) in [5.41, 5.74) is 0.744. The number of carbonyl (C=O) groups excluding carboxylic acids is 1. The monoisotopic (exact) mass is 388 g/mol. The van der Waals surface area contributed by atoms with Crippen LogP contribution in [0, 0.1) is 5.92 Å². The summed E-state index contributed by atoms with van der Waals surface area (Å²) in [6, 6.07) is 7.45. The number of hydrogen-bond acceptors (Lipinski definition) is 3. The number of anilines is 1. The largest absolute Gasteiger partial charge is 0.325 e. The third-order valence-corrected chi connectivity index (χ3v) is 6.58. The molecule has 0 radical (unpaired) electrons. The van der Waals surface area contributed by atoms with Crippen molar-refractivity contribution in [2.24, 2.45) is 5.92 Å². The lowest BCUT2D eigenvalue weighted by atomic mass is 9.97. The zero-order valence-corrected chi connectivity index (χ0v) is 15.0. The second-order valence-corrected chi connectivity index (χ2v) is 8.40. The number of rotatable bonds is 5. The van der Waals surface area contributed by atoms with Gasteiger partial charge in [-0.2, -0.15) is 0 Å². The van der Waals surface area contributed by atoms with Crippen LogP contribution in [0.3, 0.4) is 0 Å². The number of amides is 1. The Kier molecular flexibility index (Phi) is 6.00. The van der Waals surface area contributed by atoms with Crippen LogP contribution in [0.15, 0.2) is 28.7 Å². The van der Waals surface area contributed by atoms with Gasteiger partial charge in [0, 0.05) is 23.5 Å². The molecule has 1 heterocycles. The fourth-order valence-electron chi connectivity index (χ4n) is 2.58. The highest BCUT2D eigenvalue weighted by Gasteiger charge is 2.30. The molecule has 1 fully saturated rings. The minimum absolute atomic E-state index is 0.0422. The molecule has 2 rings (SSSR count). The number of sulfonamides is 1. The summed E-state index contributed by atoms with van der Waals surface area (Å²) in [4.78, 5) is 12.3. The molecular weight excluding hydrogens is 368 g/mol. The summed E-state index contributed by atoms with van der Waals surface area (Å²) >= 11 is 3.40. The zero-order chi connectivity index (χ0) is 16.2. The number of benzene rings is 1. The van der Waals surface area contributed by atoms with E-state index >= 15 is 0 Å². The Hall–Kier alpha value is -0.920. The van der Waals surface area contributed by atoms with Crippen LogP contribution in [0.5, 0.6) is 0 Å². The predicted molar refractivity (Wildman–Crippen MR) is 91.1 cm³/mol. The van der Waals surface area contributed by atoms with E-state index in [4.69, 9.17) is 0 Å². The minimum atomic E-state index is -3.15. The van der Waals surface area contributed by atoms with E-state index in [2.05, 4.69) is 21.2 Å². The molecule has 1 amide bonds. The maximum Gasteiger partial charge on any atom is 0.227 e. The molecule has 1 aromatic rings. The Balaban J connectivity index is 1.92. The Labute approximate surface area is 140 Å². The van der Waals surface area contributed by atoms with Gasteiger partial charge < -0.3 is 5.32 Å². The second kappa shape index (κ2) is 7.57. The predicted octanol–water partition coefficient (Wildman–Crippen LogP) is 2.84.